The van der Waals surface area contributed by atoms with Crippen molar-refractivity contribution in [3.63, 3.8) is 0 Å². The van der Waals surface area contributed by atoms with Crippen molar-refractivity contribution in [2.24, 2.45) is 0 Å². The average molecular weight is 310 g/mol. The fourth-order valence-corrected chi connectivity index (χ4v) is 3.05. The molecule has 0 unspecified atom stereocenters. The van der Waals surface area contributed by atoms with Gasteiger partial charge in [-0.25, -0.2) is 9.97 Å². The SMILES string of the molecule is Cc1cccn2c(CNC(=O)[C@H]3NCCc4[nH]cnc43)cnc12. The van der Waals surface area contributed by atoms with Gasteiger partial charge < -0.3 is 20.0 Å². The molecule has 0 fully saturated rings. The van der Waals surface area contributed by atoms with E-state index in [-0.39, 0.29) is 5.91 Å². The number of aromatic amines is 1. The lowest BCUT2D eigenvalue weighted by Gasteiger charge is -2.22. The lowest BCUT2D eigenvalue weighted by Crippen LogP contribution is -2.41. The Morgan fingerprint density at radius 3 is 3.30 bits per heavy atom. The van der Waals surface area contributed by atoms with Gasteiger partial charge in [-0.05, 0) is 18.6 Å². The highest BCUT2D eigenvalue weighted by Crippen LogP contribution is 2.19. The Hall–Kier alpha value is -2.67. The minimum absolute atomic E-state index is 0.0688. The molecule has 0 saturated heterocycles. The van der Waals surface area contributed by atoms with Crippen LogP contribution in [0.2, 0.25) is 0 Å². The molecule has 3 aromatic rings. The van der Waals surface area contributed by atoms with Crippen LogP contribution in [0.15, 0.2) is 30.9 Å². The molecule has 1 aliphatic heterocycles. The van der Waals surface area contributed by atoms with Crippen molar-refractivity contribution in [3.8, 4) is 0 Å². The molecule has 0 bridgehead atoms. The number of fused-ring (bicyclic) bond motifs is 2. The highest BCUT2D eigenvalue weighted by Gasteiger charge is 2.28. The third-order valence-corrected chi connectivity index (χ3v) is 4.26. The van der Waals surface area contributed by atoms with Crippen LogP contribution in [0.3, 0.4) is 0 Å². The van der Waals surface area contributed by atoms with Crippen molar-refractivity contribution < 1.29 is 4.79 Å². The molecule has 4 rings (SSSR count). The molecule has 0 aliphatic carbocycles. The zero-order valence-electron chi connectivity index (χ0n) is 12.8. The number of carbonyl (C=O) groups excluding carboxylic acids is 1. The summed E-state index contributed by atoms with van der Waals surface area (Å²) in [5, 5.41) is 6.20. The number of hydrogen-bond acceptors (Lipinski definition) is 4. The molecule has 4 heterocycles. The van der Waals surface area contributed by atoms with Gasteiger partial charge in [0.15, 0.2) is 0 Å². The maximum Gasteiger partial charge on any atom is 0.243 e. The van der Waals surface area contributed by atoms with Gasteiger partial charge in [0.05, 0.1) is 30.5 Å². The summed E-state index contributed by atoms with van der Waals surface area (Å²) in [6.45, 7) is 3.22. The molecular formula is C16H18N6O. The monoisotopic (exact) mass is 310 g/mol. The van der Waals surface area contributed by atoms with Crippen LogP contribution < -0.4 is 10.6 Å². The van der Waals surface area contributed by atoms with Gasteiger partial charge >= 0.3 is 0 Å². The van der Waals surface area contributed by atoms with E-state index in [1.165, 1.54) is 0 Å². The predicted octanol–water partition coefficient (Wildman–Crippen LogP) is 0.869. The zero-order valence-corrected chi connectivity index (χ0v) is 12.8. The molecule has 1 amide bonds. The Labute approximate surface area is 133 Å². The number of nitrogens with zero attached hydrogens (tertiary/aromatic N) is 3. The molecule has 1 aliphatic rings. The minimum Gasteiger partial charge on any atom is -0.349 e. The molecule has 1 atom stereocenters. The fraction of sp³-hybridized carbons (Fsp3) is 0.312. The van der Waals surface area contributed by atoms with Gasteiger partial charge in [0.2, 0.25) is 5.91 Å². The van der Waals surface area contributed by atoms with Gasteiger partial charge in [-0.2, -0.15) is 0 Å². The van der Waals surface area contributed by atoms with Crippen LogP contribution in [-0.4, -0.2) is 31.8 Å². The third-order valence-electron chi connectivity index (χ3n) is 4.26. The van der Waals surface area contributed by atoms with Crippen LogP contribution in [0.25, 0.3) is 5.65 Å². The van der Waals surface area contributed by atoms with E-state index in [1.807, 2.05) is 29.7 Å². The van der Waals surface area contributed by atoms with Crippen LogP contribution in [0.4, 0.5) is 0 Å². The quantitative estimate of drug-likeness (QED) is 0.670. The number of carbonyl (C=O) groups is 1. The maximum absolute atomic E-state index is 12.5. The zero-order chi connectivity index (χ0) is 15.8. The van der Waals surface area contributed by atoms with Crippen molar-refractivity contribution in [1.29, 1.82) is 0 Å². The van der Waals surface area contributed by atoms with Crippen molar-refractivity contribution in [2.75, 3.05) is 6.54 Å². The van der Waals surface area contributed by atoms with E-state index in [0.717, 1.165) is 41.3 Å². The van der Waals surface area contributed by atoms with E-state index in [2.05, 4.69) is 25.6 Å². The fourth-order valence-electron chi connectivity index (χ4n) is 3.05. The summed E-state index contributed by atoms with van der Waals surface area (Å²) in [6.07, 6.45) is 6.27. The Bertz CT molecular complexity index is 864. The highest BCUT2D eigenvalue weighted by atomic mass is 16.2. The van der Waals surface area contributed by atoms with Crippen molar-refractivity contribution in [3.05, 3.63) is 53.5 Å². The minimum atomic E-state index is -0.397. The Morgan fingerprint density at radius 2 is 2.39 bits per heavy atom. The normalized spacial score (nSPS) is 17.2. The number of amides is 1. The van der Waals surface area contributed by atoms with Crippen LogP contribution in [0.5, 0.6) is 0 Å². The molecular weight excluding hydrogens is 292 g/mol. The molecule has 7 nitrogen and oxygen atoms in total. The standard InChI is InChI=1S/C16H18N6O/c1-10-3-2-6-22-11(7-18-15(10)22)8-19-16(23)14-13-12(4-5-17-14)20-9-21-13/h2-3,6-7,9,14,17H,4-5,8H2,1H3,(H,19,23)(H,20,21)/t14-/m0/s1. The molecule has 118 valence electrons. The summed E-state index contributed by atoms with van der Waals surface area (Å²) in [7, 11) is 0. The van der Waals surface area contributed by atoms with E-state index in [1.54, 1.807) is 12.5 Å². The highest BCUT2D eigenvalue weighted by molar-refractivity contribution is 5.83. The number of aryl methyl sites for hydroxylation is 1. The maximum atomic E-state index is 12.5. The number of H-pyrrole nitrogens is 1. The number of hydrogen-bond donors (Lipinski definition) is 3. The first kappa shape index (κ1) is 14.0. The second-order valence-corrected chi connectivity index (χ2v) is 5.76. The Balaban J connectivity index is 1.51. The first-order valence-corrected chi connectivity index (χ1v) is 7.69. The number of aromatic nitrogens is 4. The van der Waals surface area contributed by atoms with Crippen molar-refractivity contribution in [2.45, 2.75) is 25.9 Å². The third kappa shape index (κ3) is 2.39. The summed E-state index contributed by atoms with van der Waals surface area (Å²) in [5.41, 5.74) is 4.81. The van der Waals surface area contributed by atoms with E-state index >= 15 is 0 Å². The number of rotatable bonds is 3. The lowest BCUT2D eigenvalue weighted by atomic mass is 10.1. The molecule has 7 heteroatoms. The molecule has 0 aromatic carbocycles. The largest absolute Gasteiger partial charge is 0.349 e. The number of pyridine rings is 1. The molecule has 0 spiro atoms. The summed E-state index contributed by atoms with van der Waals surface area (Å²) < 4.78 is 2.00. The smallest absolute Gasteiger partial charge is 0.243 e. The van der Waals surface area contributed by atoms with E-state index in [4.69, 9.17) is 0 Å². The van der Waals surface area contributed by atoms with E-state index in [0.29, 0.717) is 6.54 Å². The topological polar surface area (TPSA) is 87.1 Å². The Morgan fingerprint density at radius 1 is 1.48 bits per heavy atom. The van der Waals surface area contributed by atoms with E-state index < -0.39 is 6.04 Å². The van der Waals surface area contributed by atoms with Crippen LogP contribution in [0.1, 0.15) is 28.7 Å². The molecule has 3 aromatic heterocycles. The van der Waals surface area contributed by atoms with Gasteiger partial charge in [0, 0.05) is 24.9 Å². The average Bonchev–Trinajstić information content (AvgIpc) is 3.19. The first-order chi connectivity index (χ1) is 11.2. The summed E-state index contributed by atoms with van der Waals surface area (Å²) in [4.78, 5) is 24.3. The summed E-state index contributed by atoms with van der Waals surface area (Å²) >= 11 is 0. The molecule has 3 N–H and O–H groups in total. The van der Waals surface area contributed by atoms with Crippen molar-refractivity contribution in [1.82, 2.24) is 30.0 Å². The van der Waals surface area contributed by atoms with Crippen LogP contribution in [-0.2, 0) is 17.8 Å². The van der Waals surface area contributed by atoms with E-state index in [9.17, 15) is 4.79 Å². The molecule has 0 saturated carbocycles. The second-order valence-electron chi connectivity index (χ2n) is 5.76. The van der Waals surface area contributed by atoms with Gasteiger partial charge in [-0.1, -0.05) is 6.07 Å². The number of nitrogens with one attached hydrogen (secondary N) is 3. The second kappa shape index (κ2) is 5.51. The predicted molar refractivity (Wildman–Crippen MR) is 84.8 cm³/mol. The van der Waals surface area contributed by atoms with Crippen LogP contribution in [0, 0.1) is 6.92 Å². The summed E-state index contributed by atoms with van der Waals surface area (Å²) in [5.74, 6) is -0.0688. The van der Waals surface area contributed by atoms with Gasteiger partial charge in [0.25, 0.3) is 0 Å². The van der Waals surface area contributed by atoms with Gasteiger partial charge in [-0.15, -0.1) is 0 Å². The summed E-state index contributed by atoms with van der Waals surface area (Å²) in [6, 6.07) is 3.61. The van der Waals surface area contributed by atoms with Gasteiger partial charge in [-0.3, -0.25) is 4.79 Å². The van der Waals surface area contributed by atoms with Crippen molar-refractivity contribution >= 4 is 11.6 Å². The first-order valence-electron chi connectivity index (χ1n) is 7.69. The Kier molecular flexibility index (Phi) is 3.34. The van der Waals surface area contributed by atoms with Crippen LogP contribution >= 0.6 is 0 Å². The van der Waals surface area contributed by atoms with Gasteiger partial charge in [0.1, 0.15) is 11.7 Å². The lowest BCUT2D eigenvalue weighted by molar-refractivity contribution is -0.123. The molecule has 23 heavy (non-hydrogen) atoms. The number of imidazole rings is 2. The molecule has 0 radical (unpaired) electrons.